The van der Waals surface area contributed by atoms with Crippen LogP contribution in [-0.2, 0) is 21.8 Å². The minimum Gasteiger partial charge on any atom is -0.667 e. The third kappa shape index (κ3) is 6.42. The van der Waals surface area contributed by atoms with Crippen LogP contribution >= 0.6 is 18.6 Å². The van der Waals surface area contributed by atoms with Gasteiger partial charge in [-0.15, -0.1) is 40.6 Å². The van der Waals surface area contributed by atoms with Crippen molar-refractivity contribution in [3.05, 3.63) is 62.0 Å². The quantitative estimate of drug-likeness (QED) is 0.292. The summed E-state index contributed by atoms with van der Waals surface area (Å²) in [7, 11) is 9.78. The van der Waals surface area contributed by atoms with Crippen molar-refractivity contribution >= 4 is 46.3 Å². The van der Waals surface area contributed by atoms with E-state index < -0.39 is 17.0 Å². The number of hydrogen-bond donors (Lipinski definition) is 0. The summed E-state index contributed by atoms with van der Waals surface area (Å²) in [5, 5.41) is 2.76. The summed E-state index contributed by atoms with van der Waals surface area (Å²) in [6.07, 6.45) is 7.19. The molecule has 6 rings (SSSR count). The van der Waals surface area contributed by atoms with Crippen molar-refractivity contribution in [3.63, 3.8) is 0 Å². The van der Waals surface area contributed by atoms with Gasteiger partial charge in [0.05, 0.1) is 5.91 Å². The van der Waals surface area contributed by atoms with E-state index in [0.29, 0.717) is 0 Å². The van der Waals surface area contributed by atoms with Crippen molar-refractivity contribution in [2.75, 3.05) is 0 Å². The standard InChI is InChI=1S/C11H17NO.C11H11.2CH3.2ClH.Si.Ti/c12-10(13)11-4-7-1-8(5-11)3-9(2-7)6-11;1-8-7-10-5-3-4-6-11(10)9(8)2;;;;;;/h7-9H,1-6H2,(H2,12,13);3-7H,1-2H3;2*1H3;2*1H;;/q;3*-1;;;;+6/p-3. The molecule has 2 aromatic carbocycles. The average molecular weight is 498 g/mol. The predicted octanol–water partition coefficient (Wildman–Crippen LogP) is 7.85. The van der Waals surface area contributed by atoms with Gasteiger partial charge in [-0.2, -0.15) is 5.56 Å². The van der Waals surface area contributed by atoms with E-state index in [2.05, 4.69) is 44.2 Å². The Kier molecular flexibility index (Phi) is 12.7. The maximum absolute atomic E-state index is 11.4. The molecule has 0 spiro atoms. The molecular formula is C24H33Cl2NOSiTi. The summed E-state index contributed by atoms with van der Waals surface area (Å²) in [5.74, 6) is 2.12. The van der Waals surface area contributed by atoms with Gasteiger partial charge in [0.15, 0.2) is 0 Å². The van der Waals surface area contributed by atoms with Gasteiger partial charge in [0.25, 0.3) is 0 Å². The van der Waals surface area contributed by atoms with Crippen LogP contribution < -0.4 is 0 Å². The second kappa shape index (κ2) is 12.7. The number of hydrogen-bond acceptors (Lipinski definition) is 1. The van der Waals surface area contributed by atoms with Gasteiger partial charge < -0.3 is 25.4 Å². The fourth-order valence-corrected chi connectivity index (χ4v) is 5.91. The van der Waals surface area contributed by atoms with Crippen molar-refractivity contribution < 1.29 is 21.8 Å². The minimum absolute atomic E-state index is 0. The molecule has 0 aromatic heterocycles. The van der Waals surface area contributed by atoms with E-state index in [1.807, 2.05) is 0 Å². The van der Waals surface area contributed by atoms with Gasteiger partial charge >= 0.3 is 35.6 Å². The molecule has 4 saturated carbocycles. The van der Waals surface area contributed by atoms with E-state index in [1.54, 1.807) is 0 Å². The largest absolute Gasteiger partial charge is 0.667 e. The number of fused-ring (bicyclic) bond motifs is 1. The Hall–Kier alpha value is -0.189. The number of aryl methyl sites for hydroxylation is 2. The van der Waals surface area contributed by atoms with Crippen LogP contribution in [0.3, 0.4) is 0 Å². The second-order valence-corrected chi connectivity index (χ2v) is 11.2. The summed E-state index contributed by atoms with van der Waals surface area (Å²) < 4.78 is 0. The predicted molar refractivity (Wildman–Crippen MR) is 129 cm³/mol. The van der Waals surface area contributed by atoms with Crippen molar-refractivity contribution in [1.29, 1.82) is 0 Å². The van der Waals surface area contributed by atoms with Crippen LogP contribution in [-0.4, -0.2) is 16.9 Å². The SMILES string of the molecule is Cc1[cH-]c2ccccc2c1C.[CH3-].[CH3-].[Cl][Ti+4][Cl].[NH-]C(=O)C12CC3CC(CC(C3)C1)C2.[Si]. The van der Waals surface area contributed by atoms with Crippen molar-refractivity contribution in [2.45, 2.75) is 52.4 Å². The molecule has 0 saturated heterocycles. The fraction of sp³-hybridized carbons (Fsp3) is 0.500. The van der Waals surface area contributed by atoms with Crippen LogP contribution in [0.2, 0.25) is 0 Å². The Morgan fingerprint density at radius 3 is 1.87 bits per heavy atom. The number of nitrogens with one attached hydrogen (secondary N) is 1. The topological polar surface area (TPSA) is 40.9 Å². The molecule has 4 fully saturated rings. The van der Waals surface area contributed by atoms with Crippen molar-refractivity contribution in [3.8, 4) is 0 Å². The van der Waals surface area contributed by atoms with Gasteiger partial charge in [-0.3, -0.25) is 0 Å². The molecule has 1 N–H and O–H groups in total. The smallest absolute Gasteiger partial charge is 0.0550 e. The molecule has 0 atom stereocenters. The molecule has 6 heteroatoms. The first kappa shape index (κ1) is 29.8. The summed E-state index contributed by atoms with van der Waals surface area (Å²) in [6, 6.07) is 10.8. The molecule has 0 aliphatic heterocycles. The average Bonchev–Trinajstić information content (AvgIpc) is 2.90. The third-order valence-electron chi connectivity index (χ3n) is 6.85. The van der Waals surface area contributed by atoms with E-state index in [-0.39, 0.29) is 37.1 Å². The van der Waals surface area contributed by atoms with Crippen LogP contribution in [0.5, 0.6) is 0 Å². The second-order valence-electron chi connectivity index (χ2n) is 8.64. The maximum Gasteiger partial charge on any atom is 0.0550 e. The fourth-order valence-electron chi connectivity index (χ4n) is 5.91. The van der Waals surface area contributed by atoms with Crippen molar-refractivity contribution in [1.82, 2.24) is 0 Å². The normalized spacial score (nSPS) is 27.4. The molecule has 4 radical (unpaired) electrons. The molecule has 2 nitrogen and oxygen atoms in total. The first-order chi connectivity index (χ1) is 12.9. The maximum atomic E-state index is 11.4. The number of rotatable bonds is 1. The molecule has 2 aromatic rings. The molecule has 4 aliphatic carbocycles. The summed E-state index contributed by atoms with van der Waals surface area (Å²) >= 11 is -0.556. The third-order valence-corrected chi connectivity index (χ3v) is 6.85. The molecule has 162 valence electrons. The minimum atomic E-state index is -0.556. The Labute approximate surface area is 204 Å². The number of carbonyl (C=O) groups is 1. The molecule has 30 heavy (non-hydrogen) atoms. The van der Waals surface area contributed by atoms with Gasteiger partial charge in [0, 0.05) is 16.4 Å². The molecule has 0 unspecified atom stereocenters. The van der Waals surface area contributed by atoms with Gasteiger partial charge in [-0.1, -0.05) is 19.9 Å². The van der Waals surface area contributed by atoms with Crippen molar-refractivity contribution in [2.24, 2.45) is 23.2 Å². The van der Waals surface area contributed by atoms with E-state index >= 15 is 0 Å². The Bertz CT molecular complexity index is 772. The number of benzene rings is 1. The van der Waals surface area contributed by atoms with Gasteiger partial charge in [0.2, 0.25) is 0 Å². The summed E-state index contributed by atoms with van der Waals surface area (Å²) in [6.45, 7) is 4.34. The van der Waals surface area contributed by atoms with E-state index in [1.165, 1.54) is 41.2 Å². The first-order valence-corrected chi connectivity index (χ1v) is 14.0. The van der Waals surface area contributed by atoms with Crippen LogP contribution in [0.25, 0.3) is 16.5 Å². The number of carbonyl (C=O) groups excluding carboxylic acids is 1. The van der Waals surface area contributed by atoms with E-state index in [9.17, 15) is 4.79 Å². The van der Waals surface area contributed by atoms with E-state index in [0.717, 1.165) is 37.0 Å². The number of halogens is 2. The van der Waals surface area contributed by atoms with Crippen LogP contribution in [0, 0.1) is 51.9 Å². The summed E-state index contributed by atoms with van der Waals surface area (Å²) in [5.41, 5.74) is 10.1. The molecule has 1 amide bonds. The zero-order valence-electron chi connectivity index (χ0n) is 18.5. The van der Waals surface area contributed by atoms with Crippen LogP contribution in [0.4, 0.5) is 0 Å². The molecule has 4 aliphatic rings. The molecule has 4 bridgehead atoms. The first-order valence-electron chi connectivity index (χ1n) is 9.72. The summed E-state index contributed by atoms with van der Waals surface area (Å²) in [4.78, 5) is 11.4. The van der Waals surface area contributed by atoms with Crippen LogP contribution in [0.1, 0.15) is 49.7 Å². The Morgan fingerprint density at radius 1 is 1.03 bits per heavy atom. The van der Waals surface area contributed by atoms with Gasteiger partial charge in [-0.25, -0.2) is 0 Å². The molecular weight excluding hydrogens is 465 g/mol. The molecule has 0 heterocycles. The monoisotopic (exact) mass is 497 g/mol. The van der Waals surface area contributed by atoms with Crippen LogP contribution in [0.15, 0.2) is 30.3 Å². The Balaban J connectivity index is 0.000000461. The number of amides is 1. The van der Waals surface area contributed by atoms with E-state index in [4.69, 9.17) is 24.3 Å². The Morgan fingerprint density at radius 2 is 1.47 bits per heavy atom. The van der Waals surface area contributed by atoms with Gasteiger partial charge in [-0.05, 0) is 56.3 Å². The zero-order chi connectivity index (χ0) is 19.6. The van der Waals surface area contributed by atoms with Gasteiger partial charge in [0.1, 0.15) is 0 Å². The zero-order valence-corrected chi connectivity index (χ0v) is 22.6.